The minimum absolute atomic E-state index is 0.0588. The van der Waals surface area contributed by atoms with Crippen molar-refractivity contribution >= 4 is 12.0 Å². The first-order valence-corrected chi connectivity index (χ1v) is 12.7. The average molecular weight is 488 g/mol. The fraction of sp³-hybridized carbons (Fsp3) is 0.667. The predicted octanol–water partition coefficient (Wildman–Crippen LogP) is 5.29. The van der Waals surface area contributed by atoms with E-state index in [1.54, 1.807) is 12.1 Å². The van der Waals surface area contributed by atoms with E-state index >= 15 is 0 Å². The number of ether oxygens (including phenoxy) is 2. The summed E-state index contributed by atoms with van der Waals surface area (Å²) in [7, 11) is 0. The molecule has 35 heavy (non-hydrogen) atoms. The Hall–Kier alpha value is -2.48. The van der Waals surface area contributed by atoms with Crippen LogP contribution in [0.3, 0.4) is 0 Å². The van der Waals surface area contributed by atoms with E-state index < -0.39 is 5.60 Å². The number of hydrogen-bond acceptors (Lipinski definition) is 7. The minimum Gasteiger partial charge on any atom is -0.460 e. The van der Waals surface area contributed by atoms with Crippen molar-refractivity contribution in [2.24, 2.45) is 17.8 Å². The van der Waals surface area contributed by atoms with Crippen molar-refractivity contribution in [2.75, 3.05) is 24.6 Å². The standard InChI is InChI=1S/C27H38FN3O4/c1-17(2)25-29-26(35-30-25)31-10-8-19(9-11-31)22-14-21(22)16-33-15-20-7-6-18(12-23(20)28)13-24(32)34-27(3,4)5/h6-7,12,17,19,21-22H,8-11,13-16H2,1-5H3. The smallest absolute Gasteiger partial charge is 0.324 e. The summed E-state index contributed by atoms with van der Waals surface area (Å²) in [6.45, 7) is 12.4. The van der Waals surface area contributed by atoms with E-state index in [1.165, 1.54) is 12.5 Å². The van der Waals surface area contributed by atoms with Gasteiger partial charge in [0.25, 0.3) is 0 Å². The van der Waals surface area contributed by atoms with Gasteiger partial charge in [-0.1, -0.05) is 31.1 Å². The van der Waals surface area contributed by atoms with E-state index in [1.807, 2.05) is 20.8 Å². The van der Waals surface area contributed by atoms with Gasteiger partial charge in [-0.15, -0.1) is 0 Å². The monoisotopic (exact) mass is 487 g/mol. The zero-order chi connectivity index (χ0) is 25.2. The molecule has 7 nitrogen and oxygen atoms in total. The summed E-state index contributed by atoms with van der Waals surface area (Å²) in [6.07, 6.45) is 3.48. The number of rotatable bonds is 9. The molecule has 1 saturated heterocycles. The quantitative estimate of drug-likeness (QED) is 0.445. The number of aromatic nitrogens is 2. The first-order chi connectivity index (χ1) is 16.6. The van der Waals surface area contributed by atoms with Gasteiger partial charge in [-0.2, -0.15) is 4.98 Å². The molecule has 1 saturated carbocycles. The number of benzene rings is 1. The number of anilines is 1. The maximum atomic E-state index is 14.5. The number of piperidine rings is 1. The van der Waals surface area contributed by atoms with E-state index in [0.29, 0.717) is 41.5 Å². The number of halogens is 1. The fourth-order valence-corrected chi connectivity index (χ4v) is 4.83. The number of carbonyl (C=O) groups excluding carboxylic acids is 1. The van der Waals surface area contributed by atoms with Crippen molar-refractivity contribution in [1.29, 1.82) is 0 Å². The van der Waals surface area contributed by atoms with Crippen LogP contribution in [0.2, 0.25) is 0 Å². The van der Waals surface area contributed by atoms with Gasteiger partial charge < -0.3 is 18.9 Å². The molecule has 2 fully saturated rings. The molecule has 1 aliphatic carbocycles. The Morgan fingerprint density at radius 2 is 2.00 bits per heavy atom. The third-order valence-electron chi connectivity index (χ3n) is 6.82. The van der Waals surface area contributed by atoms with Crippen LogP contribution in [0, 0.1) is 23.6 Å². The van der Waals surface area contributed by atoms with E-state index in [4.69, 9.17) is 14.0 Å². The van der Waals surface area contributed by atoms with Crippen LogP contribution in [0.25, 0.3) is 0 Å². The van der Waals surface area contributed by atoms with Gasteiger partial charge in [0.15, 0.2) is 5.82 Å². The molecule has 2 aromatic rings. The highest BCUT2D eigenvalue weighted by Crippen LogP contribution is 2.48. The van der Waals surface area contributed by atoms with Crippen LogP contribution >= 0.6 is 0 Å². The van der Waals surface area contributed by atoms with Gasteiger partial charge >= 0.3 is 12.0 Å². The predicted molar refractivity (Wildman–Crippen MR) is 131 cm³/mol. The third-order valence-corrected chi connectivity index (χ3v) is 6.82. The van der Waals surface area contributed by atoms with Crippen molar-refractivity contribution in [3.05, 3.63) is 41.0 Å². The van der Waals surface area contributed by atoms with Crippen LogP contribution in [0.15, 0.2) is 22.7 Å². The molecular formula is C27H38FN3O4. The minimum atomic E-state index is -0.549. The Balaban J connectivity index is 1.16. The topological polar surface area (TPSA) is 77.7 Å². The van der Waals surface area contributed by atoms with E-state index in [2.05, 4.69) is 28.9 Å². The lowest BCUT2D eigenvalue weighted by Gasteiger charge is -2.30. The Morgan fingerprint density at radius 1 is 1.26 bits per heavy atom. The normalized spacial score (nSPS) is 20.9. The number of hydrogen-bond donors (Lipinski definition) is 0. The molecule has 0 bridgehead atoms. The molecule has 0 amide bonds. The molecule has 8 heteroatoms. The Morgan fingerprint density at radius 3 is 2.63 bits per heavy atom. The summed E-state index contributed by atoms with van der Waals surface area (Å²) < 4.78 is 31.1. The lowest BCUT2D eigenvalue weighted by atomic mass is 9.91. The molecule has 4 rings (SSSR count). The molecule has 0 N–H and O–H groups in total. The molecule has 0 spiro atoms. The highest BCUT2D eigenvalue weighted by Gasteiger charge is 2.44. The Bertz CT molecular complexity index is 1010. The second-order valence-corrected chi connectivity index (χ2v) is 11.3. The molecule has 2 heterocycles. The summed E-state index contributed by atoms with van der Waals surface area (Å²) in [4.78, 5) is 18.7. The van der Waals surface area contributed by atoms with Crippen LogP contribution in [0.5, 0.6) is 0 Å². The highest BCUT2D eigenvalue weighted by atomic mass is 19.1. The van der Waals surface area contributed by atoms with Crippen molar-refractivity contribution in [1.82, 2.24) is 10.1 Å². The van der Waals surface area contributed by atoms with Crippen LogP contribution in [-0.4, -0.2) is 41.4 Å². The number of carbonyl (C=O) groups is 1. The molecule has 1 aromatic carbocycles. The van der Waals surface area contributed by atoms with Gasteiger partial charge in [-0.05, 0) is 69.4 Å². The van der Waals surface area contributed by atoms with Gasteiger partial charge in [0.2, 0.25) is 0 Å². The molecule has 1 aromatic heterocycles. The van der Waals surface area contributed by atoms with Crippen molar-refractivity contribution < 1.29 is 23.2 Å². The number of nitrogens with zero attached hydrogens (tertiary/aromatic N) is 3. The van der Waals surface area contributed by atoms with E-state index in [0.717, 1.165) is 31.8 Å². The molecule has 0 radical (unpaired) electrons. The van der Waals surface area contributed by atoms with Gasteiger partial charge in [0.05, 0.1) is 19.6 Å². The molecule has 2 aliphatic rings. The summed E-state index contributed by atoms with van der Waals surface area (Å²) in [6, 6.07) is 5.52. The van der Waals surface area contributed by atoms with E-state index in [9.17, 15) is 9.18 Å². The molecular weight excluding hydrogens is 449 g/mol. The fourth-order valence-electron chi connectivity index (χ4n) is 4.83. The number of esters is 1. The van der Waals surface area contributed by atoms with Crippen LogP contribution in [0.4, 0.5) is 10.4 Å². The Labute approximate surface area is 207 Å². The molecule has 2 unspecified atom stereocenters. The van der Waals surface area contributed by atoms with Gasteiger partial charge in [0, 0.05) is 24.6 Å². The van der Waals surface area contributed by atoms with Gasteiger partial charge in [0.1, 0.15) is 11.4 Å². The lowest BCUT2D eigenvalue weighted by molar-refractivity contribution is -0.153. The van der Waals surface area contributed by atoms with Crippen LogP contribution in [0.1, 0.15) is 76.8 Å². The molecule has 192 valence electrons. The average Bonchev–Trinajstić information content (AvgIpc) is 3.36. The largest absolute Gasteiger partial charge is 0.460 e. The zero-order valence-electron chi connectivity index (χ0n) is 21.6. The third kappa shape index (κ3) is 7.03. The Kier molecular flexibility index (Phi) is 7.79. The SMILES string of the molecule is CC(C)c1noc(N2CCC(C3CC3COCc3ccc(CC(=O)OC(C)(C)C)cc3F)CC2)n1. The lowest BCUT2D eigenvalue weighted by Crippen LogP contribution is -2.34. The zero-order valence-corrected chi connectivity index (χ0v) is 21.6. The van der Waals surface area contributed by atoms with Crippen LogP contribution < -0.4 is 4.90 Å². The molecule has 1 aliphatic heterocycles. The van der Waals surface area contributed by atoms with Crippen LogP contribution in [-0.2, 0) is 27.3 Å². The summed E-state index contributed by atoms with van der Waals surface area (Å²) in [5.41, 5.74) is 0.575. The second kappa shape index (κ2) is 10.6. The van der Waals surface area contributed by atoms with Gasteiger partial charge in [-0.3, -0.25) is 4.79 Å². The first-order valence-electron chi connectivity index (χ1n) is 12.7. The van der Waals surface area contributed by atoms with Crippen molar-refractivity contribution in [2.45, 2.75) is 78.4 Å². The summed E-state index contributed by atoms with van der Waals surface area (Å²) in [5.74, 6) is 2.26. The maximum absolute atomic E-state index is 14.5. The summed E-state index contributed by atoms with van der Waals surface area (Å²) >= 11 is 0. The first kappa shape index (κ1) is 25.6. The van der Waals surface area contributed by atoms with E-state index in [-0.39, 0.29) is 30.7 Å². The summed E-state index contributed by atoms with van der Waals surface area (Å²) in [5, 5.41) is 4.07. The van der Waals surface area contributed by atoms with Gasteiger partial charge in [-0.25, -0.2) is 4.39 Å². The highest BCUT2D eigenvalue weighted by molar-refractivity contribution is 5.73. The second-order valence-electron chi connectivity index (χ2n) is 11.3. The van der Waals surface area contributed by atoms with Crippen molar-refractivity contribution in [3.8, 4) is 0 Å². The maximum Gasteiger partial charge on any atom is 0.324 e. The van der Waals surface area contributed by atoms with Crippen molar-refractivity contribution in [3.63, 3.8) is 0 Å². The molecule has 2 atom stereocenters.